The number of hydrogen-bond acceptors (Lipinski definition) is 3. The second kappa shape index (κ2) is 5.21. The van der Waals surface area contributed by atoms with Crippen LogP contribution in [0.5, 0.6) is 5.75 Å². The van der Waals surface area contributed by atoms with Gasteiger partial charge in [-0.25, -0.2) is 0 Å². The van der Waals surface area contributed by atoms with Crippen LogP contribution in [0.3, 0.4) is 0 Å². The summed E-state index contributed by atoms with van der Waals surface area (Å²) in [6.07, 6.45) is 4.70. The number of H-pyrrole nitrogens is 1. The van der Waals surface area contributed by atoms with Gasteiger partial charge in [0.1, 0.15) is 5.75 Å². The molecule has 1 aromatic carbocycles. The predicted octanol–water partition coefficient (Wildman–Crippen LogP) is 1.74. The summed E-state index contributed by atoms with van der Waals surface area (Å²) in [7, 11) is 1.67. The standard InChI is InChI=1S/C13H19N3O/c1-17-10-5-6-11-9(3-2-4-13(14)15)8-16-12(11)7-10/h5-8,13,16H,2-4,14-15H2,1H3. The zero-order valence-corrected chi connectivity index (χ0v) is 10.1. The first-order chi connectivity index (χ1) is 8.20. The van der Waals surface area contributed by atoms with E-state index in [1.165, 1.54) is 10.9 Å². The molecule has 0 fully saturated rings. The number of hydrogen-bond donors (Lipinski definition) is 3. The number of fused-ring (bicyclic) bond motifs is 1. The van der Waals surface area contributed by atoms with Crippen molar-refractivity contribution in [3.8, 4) is 5.75 Å². The summed E-state index contributed by atoms with van der Waals surface area (Å²) in [5.41, 5.74) is 13.5. The highest BCUT2D eigenvalue weighted by molar-refractivity contribution is 5.84. The van der Waals surface area contributed by atoms with Gasteiger partial charge in [-0.3, -0.25) is 0 Å². The van der Waals surface area contributed by atoms with Crippen molar-refractivity contribution in [3.05, 3.63) is 30.0 Å². The highest BCUT2D eigenvalue weighted by Crippen LogP contribution is 2.24. The van der Waals surface area contributed by atoms with Gasteiger partial charge in [-0.15, -0.1) is 0 Å². The van der Waals surface area contributed by atoms with Crippen LogP contribution < -0.4 is 16.2 Å². The van der Waals surface area contributed by atoms with Gasteiger partial charge in [0.2, 0.25) is 0 Å². The summed E-state index contributed by atoms with van der Waals surface area (Å²) in [6, 6.07) is 6.07. The van der Waals surface area contributed by atoms with E-state index < -0.39 is 0 Å². The van der Waals surface area contributed by atoms with E-state index in [0.717, 1.165) is 30.5 Å². The number of nitrogens with one attached hydrogen (secondary N) is 1. The molecule has 0 aliphatic carbocycles. The lowest BCUT2D eigenvalue weighted by Gasteiger charge is -2.04. The van der Waals surface area contributed by atoms with Crippen molar-refractivity contribution in [3.63, 3.8) is 0 Å². The van der Waals surface area contributed by atoms with Crippen LogP contribution >= 0.6 is 0 Å². The third kappa shape index (κ3) is 2.78. The number of aromatic nitrogens is 1. The lowest BCUT2D eigenvalue weighted by molar-refractivity contribution is 0.415. The number of nitrogens with two attached hydrogens (primary N) is 2. The molecule has 4 heteroatoms. The van der Waals surface area contributed by atoms with E-state index in [4.69, 9.17) is 16.2 Å². The molecule has 1 heterocycles. The van der Waals surface area contributed by atoms with E-state index in [2.05, 4.69) is 11.1 Å². The lowest BCUT2D eigenvalue weighted by Crippen LogP contribution is -2.30. The maximum Gasteiger partial charge on any atom is 0.120 e. The van der Waals surface area contributed by atoms with Crippen LogP contribution in [0.25, 0.3) is 10.9 Å². The Labute approximate surface area is 101 Å². The van der Waals surface area contributed by atoms with Crippen molar-refractivity contribution in [1.29, 1.82) is 0 Å². The molecule has 0 bridgehead atoms. The zero-order valence-electron chi connectivity index (χ0n) is 10.1. The summed E-state index contributed by atoms with van der Waals surface area (Å²) in [4.78, 5) is 3.26. The first-order valence-corrected chi connectivity index (χ1v) is 5.86. The van der Waals surface area contributed by atoms with Crippen molar-refractivity contribution < 1.29 is 4.74 Å². The van der Waals surface area contributed by atoms with Crippen LogP contribution in [-0.4, -0.2) is 18.3 Å². The Hall–Kier alpha value is -1.52. The van der Waals surface area contributed by atoms with Gasteiger partial charge in [-0.2, -0.15) is 0 Å². The van der Waals surface area contributed by atoms with Crippen molar-refractivity contribution in [1.82, 2.24) is 4.98 Å². The Morgan fingerprint density at radius 2 is 2.18 bits per heavy atom. The molecular formula is C13H19N3O. The molecule has 1 aromatic heterocycles. The number of benzene rings is 1. The largest absolute Gasteiger partial charge is 0.497 e. The summed E-state index contributed by atoms with van der Waals surface area (Å²) >= 11 is 0. The zero-order chi connectivity index (χ0) is 12.3. The van der Waals surface area contributed by atoms with E-state index in [-0.39, 0.29) is 6.17 Å². The SMILES string of the molecule is COc1ccc2c(CCCC(N)N)c[nH]c2c1. The quantitative estimate of drug-likeness (QED) is 0.688. The third-order valence-corrected chi connectivity index (χ3v) is 2.96. The van der Waals surface area contributed by atoms with Crippen LogP contribution in [0.2, 0.25) is 0 Å². The second-order valence-electron chi connectivity index (χ2n) is 4.28. The molecule has 92 valence electrons. The van der Waals surface area contributed by atoms with Crippen LogP contribution in [0.4, 0.5) is 0 Å². The number of methoxy groups -OCH3 is 1. The fraction of sp³-hybridized carbons (Fsp3) is 0.385. The average Bonchev–Trinajstić information content (AvgIpc) is 2.71. The molecule has 4 nitrogen and oxygen atoms in total. The molecule has 0 aliphatic rings. The molecule has 0 spiro atoms. The molecule has 17 heavy (non-hydrogen) atoms. The van der Waals surface area contributed by atoms with Crippen molar-refractivity contribution in [2.24, 2.45) is 11.5 Å². The Kier molecular flexibility index (Phi) is 3.66. The van der Waals surface area contributed by atoms with Gasteiger partial charge >= 0.3 is 0 Å². The lowest BCUT2D eigenvalue weighted by atomic mass is 10.1. The van der Waals surface area contributed by atoms with Crippen molar-refractivity contribution in [2.45, 2.75) is 25.4 Å². The van der Waals surface area contributed by atoms with Crippen LogP contribution in [0.15, 0.2) is 24.4 Å². The molecule has 0 amide bonds. The van der Waals surface area contributed by atoms with E-state index in [9.17, 15) is 0 Å². The normalized spacial score (nSPS) is 11.3. The number of aryl methyl sites for hydroxylation is 1. The van der Waals surface area contributed by atoms with Gasteiger partial charge in [0.15, 0.2) is 0 Å². The molecule has 0 saturated heterocycles. The topological polar surface area (TPSA) is 77.1 Å². The maximum atomic E-state index is 5.54. The molecule has 0 atom stereocenters. The smallest absolute Gasteiger partial charge is 0.120 e. The van der Waals surface area contributed by atoms with Gasteiger partial charge in [-0.1, -0.05) is 0 Å². The van der Waals surface area contributed by atoms with E-state index in [0.29, 0.717) is 0 Å². The molecule has 2 rings (SSSR count). The minimum Gasteiger partial charge on any atom is -0.497 e. The highest BCUT2D eigenvalue weighted by Gasteiger charge is 2.05. The molecular weight excluding hydrogens is 214 g/mol. The molecule has 0 radical (unpaired) electrons. The van der Waals surface area contributed by atoms with Crippen LogP contribution in [0.1, 0.15) is 18.4 Å². The average molecular weight is 233 g/mol. The van der Waals surface area contributed by atoms with Gasteiger partial charge < -0.3 is 21.2 Å². The molecule has 0 unspecified atom stereocenters. The first kappa shape index (κ1) is 12.0. The van der Waals surface area contributed by atoms with E-state index in [1.54, 1.807) is 7.11 Å². The van der Waals surface area contributed by atoms with Gasteiger partial charge in [0, 0.05) is 23.2 Å². The van der Waals surface area contributed by atoms with E-state index in [1.807, 2.05) is 18.3 Å². The molecule has 0 aliphatic heterocycles. The number of aromatic amines is 1. The molecule has 2 aromatic rings. The fourth-order valence-electron chi connectivity index (χ4n) is 2.03. The summed E-state index contributed by atoms with van der Waals surface area (Å²) in [5, 5.41) is 1.25. The predicted molar refractivity (Wildman–Crippen MR) is 70.0 cm³/mol. The summed E-state index contributed by atoms with van der Waals surface area (Å²) in [5.74, 6) is 0.870. The fourth-order valence-corrected chi connectivity index (χ4v) is 2.03. The summed E-state index contributed by atoms with van der Waals surface area (Å²) < 4.78 is 5.19. The van der Waals surface area contributed by atoms with Crippen LogP contribution in [-0.2, 0) is 6.42 Å². The highest BCUT2D eigenvalue weighted by atomic mass is 16.5. The second-order valence-corrected chi connectivity index (χ2v) is 4.28. The molecule has 5 N–H and O–H groups in total. The summed E-state index contributed by atoms with van der Waals surface area (Å²) in [6.45, 7) is 0. The Balaban J connectivity index is 2.13. The minimum absolute atomic E-state index is 0.208. The maximum absolute atomic E-state index is 5.54. The third-order valence-electron chi connectivity index (χ3n) is 2.96. The number of ether oxygens (including phenoxy) is 1. The van der Waals surface area contributed by atoms with Gasteiger partial charge in [0.05, 0.1) is 13.3 Å². The van der Waals surface area contributed by atoms with Crippen molar-refractivity contribution in [2.75, 3.05) is 7.11 Å². The van der Waals surface area contributed by atoms with Gasteiger partial charge in [0.25, 0.3) is 0 Å². The number of rotatable bonds is 5. The van der Waals surface area contributed by atoms with Gasteiger partial charge in [-0.05, 0) is 37.0 Å². The van der Waals surface area contributed by atoms with E-state index >= 15 is 0 Å². The van der Waals surface area contributed by atoms with Crippen LogP contribution in [0, 0.1) is 0 Å². The Morgan fingerprint density at radius 1 is 1.35 bits per heavy atom. The molecule has 0 saturated carbocycles. The minimum atomic E-state index is -0.208. The first-order valence-electron chi connectivity index (χ1n) is 5.86. The Bertz CT molecular complexity index is 490. The van der Waals surface area contributed by atoms with Crippen molar-refractivity contribution >= 4 is 10.9 Å². The Morgan fingerprint density at radius 3 is 2.88 bits per heavy atom. The monoisotopic (exact) mass is 233 g/mol.